The fraction of sp³-hybridized carbons (Fsp3) is 0.318. The van der Waals surface area contributed by atoms with Crippen LogP contribution in [0.2, 0.25) is 0 Å². The second kappa shape index (κ2) is 9.88. The molecule has 0 aliphatic carbocycles. The fourth-order valence-corrected chi connectivity index (χ4v) is 4.96. The number of amides is 1. The number of methoxy groups -OCH3 is 1. The molecule has 0 spiro atoms. The van der Waals surface area contributed by atoms with Crippen LogP contribution in [0.5, 0.6) is 5.75 Å². The van der Waals surface area contributed by atoms with Gasteiger partial charge in [0.15, 0.2) is 0 Å². The number of carbonyl (C=O) groups excluding carboxylic acids is 1. The van der Waals surface area contributed by atoms with Crippen molar-refractivity contribution in [1.29, 1.82) is 0 Å². The topological polar surface area (TPSA) is 78.9 Å². The minimum absolute atomic E-state index is 0.0636. The van der Waals surface area contributed by atoms with E-state index in [2.05, 4.69) is 22.4 Å². The predicted molar refractivity (Wildman–Crippen MR) is 118 cm³/mol. The summed E-state index contributed by atoms with van der Waals surface area (Å²) in [4.78, 5) is 13.6. The molecule has 1 N–H and O–H groups in total. The van der Waals surface area contributed by atoms with Crippen LogP contribution in [0.1, 0.15) is 12.5 Å². The van der Waals surface area contributed by atoms with E-state index >= 15 is 0 Å². The molecule has 8 heteroatoms. The zero-order chi connectivity index (χ0) is 21.6. The van der Waals surface area contributed by atoms with E-state index in [0.29, 0.717) is 31.9 Å². The van der Waals surface area contributed by atoms with E-state index in [4.69, 9.17) is 4.74 Å². The molecule has 0 bridgehead atoms. The smallest absolute Gasteiger partial charge is 0.246 e. The van der Waals surface area contributed by atoms with E-state index in [1.165, 1.54) is 24.4 Å². The number of carbonyl (C=O) groups is 1. The Morgan fingerprint density at radius 2 is 1.80 bits per heavy atom. The number of ether oxygens (including phenoxy) is 1. The standard InChI is InChI=1S/C22H27N3O4S/c1-18(26)23-20-10-11-21(29-2)22(17-20)30(27,28)25-15-13-24(14-16-25)12-6-9-19-7-4-3-5-8-19/h3-11,17H,12-16H2,1-2H3,(H,23,26). The Morgan fingerprint density at radius 3 is 2.43 bits per heavy atom. The molecule has 2 aromatic carbocycles. The molecule has 3 rings (SSSR count). The van der Waals surface area contributed by atoms with Crippen LogP contribution in [0.15, 0.2) is 59.5 Å². The molecule has 0 radical (unpaired) electrons. The third-order valence-corrected chi connectivity index (χ3v) is 6.83. The van der Waals surface area contributed by atoms with Crippen LogP contribution in [-0.2, 0) is 14.8 Å². The zero-order valence-electron chi connectivity index (χ0n) is 17.2. The van der Waals surface area contributed by atoms with Crippen molar-refractivity contribution in [3.63, 3.8) is 0 Å². The first kappa shape index (κ1) is 22.0. The largest absolute Gasteiger partial charge is 0.495 e. The summed E-state index contributed by atoms with van der Waals surface area (Å²) in [5.74, 6) is -0.00184. The van der Waals surface area contributed by atoms with E-state index in [1.54, 1.807) is 12.1 Å². The molecule has 0 aromatic heterocycles. The van der Waals surface area contributed by atoms with E-state index in [1.807, 2.05) is 30.3 Å². The van der Waals surface area contributed by atoms with Gasteiger partial charge in [-0.2, -0.15) is 4.31 Å². The van der Waals surface area contributed by atoms with Crippen molar-refractivity contribution in [2.24, 2.45) is 0 Å². The molecular formula is C22H27N3O4S. The van der Waals surface area contributed by atoms with Crippen molar-refractivity contribution in [3.05, 3.63) is 60.2 Å². The molecule has 1 fully saturated rings. The molecule has 1 aliphatic heterocycles. The van der Waals surface area contributed by atoms with Crippen molar-refractivity contribution in [2.75, 3.05) is 45.2 Å². The summed E-state index contributed by atoms with van der Waals surface area (Å²) >= 11 is 0. The monoisotopic (exact) mass is 429 g/mol. The summed E-state index contributed by atoms with van der Waals surface area (Å²) in [6, 6.07) is 14.7. The molecule has 1 heterocycles. The number of hydrogen-bond donors (Lipinski definition) is 1. The summed E-state index contributed by atoms with van der Waals surface area (Å²) in [7, 11) is -2.30. The van der Waals surface area contributed by atoms with Gasteiger partial charge in [-0.25, -0.2) is 8.42 Å². The summed E-state index contributed by atoms with van der Waals surface area (Å²) < 4.78 is 33.2. The molecule has 1 amide bonds. The van der Waals surface area contributed by atoms with Crippen molar-refractivity contribution >= 4 is 27.7 Å². The molecule has 160 valence electrons. The summed E-state index contributed by atoms with van der Waals surface area (Å²) in [6.07, 6.45) is 4.17. The number of rotatable bonds is 7. The van der Waals surface area contributed by atoms with E-state index in [9.17, 15) is 13.2 Å². The Kier molecular flexibility index (Phi) is 7.25. The molecule has 0 atom stereocenters. The Balaban J connectivity index is 1.65. The normalized spacial score (nSPS) is 15.9. The van der Waals surface area contributed by atoms with Gasteiger partial charge in [0.05, 0.1) is 7.11 Å². The lowest BCUT2D eigenvalue weighted by molar-refractivity contribution is -0.114. The van der Waals surface area contributed by atoms with Crippen LogP contribution in [-0.4, -0.2) is 63.4 Å². The first-order chi connectivity index (χ1) is 14.4. The Morgan fingerprint density at radius 1 is 1.10 bits per heavy atom. The van der Waals surface area contributed by atoms with E-state index in [-0.39, 0.29) is 16.6 Å². The van der Waals surface area contributed by atoms with Gasteiger partial charge in [-0.1, -0.05) is 42.5 Å². The number of hydrogen-bond acceptors (Lipinski definition) is 5. The SMILES string of the molecule is COc1ccc(NC(C)=O)cc1S(=O)(=O)N1CCN(CC=Cc2ccccc2)CC1. The number of piperazine rings is 1. The van der Waals surface area contributed by atoms with Crippen LogP contribution >= 0.6 is 0 Å². The van der Waals surface area contributed by atoms with Gasteiger partial charge in [0.25, 0.3) is 0 Å². The molecule has 0 saturated carbocycles. The van der Waals surface area contributed by atoms with Gasteiger partial charge in [-0.15, -0.1) is 0 Å². The quantitative estimate of drug-likeness (QED) is 0.732. The predicted octanol–water partition coefficient (Wildman–Crippen LogP) is 2.67. The average molecular weight is 430 g/mol. The lowest BCUT2D eigenvalue weighted by Crippen LogP contribution is -2.48. The lowest BCUT2D eigenvalue weighted by atomic mass is 10.2. The van der Waals surface area contributed by atoms with Crippen LogP contribution in [0.25, 0.3) is 6.08 Å². The van der Waals surface area contributed by atoms with Crippen LogP contribution < -0.4 is 10.1 Å². The van der Waals surface area contributed by atoms with Gasteiger partial charge in [-0.05, 0) is 23.8 Å². The zero-order valence-corrected chi connectivity index (χ0v) is 18.1. The Labute approximate surface area is 178 Å². The van der Waals surface area contributed by atoms with Gasteiger partial charge in [0, 0.05) is 45.3 Å². The number of benzene rings is 2. The maximum absolute atomic E-state index is 13.2. The molecule has 2 aromatic rings. The van der Waals surface area contributed by atoms with Gasteiger partial charge < -0.3 is 10.1 Å². The number of nitrogens with zero attached hydrogens (tertiary/aromatic N) is 2. The number of sulfonamides is 1. The summed E-state index contributed by atoms with van der Waals surface area (Å²) in [5, 5.41) is 2.62. The molecule has 1 saturated heterocycles. The minimum atomic E-state index is -3.74. The Hall–Kier alpha value is -2.68. The highest BCUT2D eigenvalue weighted by Gasteiger charge is 2.31. The third-order valence-electron chi connectivity index (χ3n) is 4.91. The Bertz CT molecular complexity index is 998. The maximum Gasteiger partial charge on any atom is 0.246 e. The second-order valence-corrected chi connectivity index (χ2v) is 8.97. The molecule has 30 heavy (non-hydrogen) atoms. The molecule has 7 nitrogen and oxygen atoms in total. The molecule has 0 unspecified atom stereocenters. The van der Waals surface area contributed by atoms with E-state index < -0.39 is 10.0 Å². The summed E-state index contributed by atoms with van der Waals surface area (Å²) in [5.41, 5.74) is 1.57. The third kappa shape index (κ3) is 5.47. The average Bonchev–Trinajstić information content (AvgIpc) is 2.74. The highest BCUT2D eigenvalue weighted by atomic mass is 32.2. The maximum atomic E-state index is 13.2. The van der Waals surface area contributed by atoms with Gasteiger partial charge in [0.1, 0.15) is 10.6 Å². The lowest BCUT2D eigenvalue weighted by Gasteiger charge is -2.33. The number of anilines is 1. The van der Waals surface area contributed by atoms with Gasteiger partial charge >= 0.3 is 0 Å². The fourth-order valence-electron chi connectivity index (χ4n) is 3.35. The van der Waals surface area contributed by atoms with Crippen molar-refractivity contribution in [3.8, 4) is 5.75 Å². The van der Waals surface area contributed by atoms with Crippen molar-refractivity contribution in [2.45, 2.75) is 11.8 Å². The minimum Gasteiger partial charge on any atom is -0.495 e. The molecule has 1 aliphatic rings. The summed E-state index contributed by atoms with van der Waals surface area (Å²) in [6.45, 7) is 4.23. The van der Waals surface area contributed by atoms with Gasteiger partial charge in [-0.3, -0.25) is 9.69 Å². The van der Waals surface area contributed by atoms with Crippen molar-refractivity contribution < 1.29 is 17.9 Å². The number of nitrogens with one attached hydrogen (secondary N) is 1. The van der Waals surface area contributed by atoms with Crippen LogP contribution in [0.4, 0.5) is 5.69 Å². The highest BCUT2D eigenvalue weighted by Crippen LogP contribution is 2.30. The second-order valence-electron chi connectivity index (χ2n) is 7.06. The van der Waals surface area contributed by atoms with Gasteiger partial charge in [0.2, 0.25) is 15.9 Å². The first-order valence-corrected chi connectivity index (χ1v) is 11.2. The van der Waals surface area contributed by atoms with E-state index in [0.717, 1.165) is 12.1 Å². The highest BCUT2D eigenvalue weighted by molar-refractivity contribution is 7.89. The van der Waals surface area contributed by atoms with Crippen LogP contribution in [0.3, 0.4) is 0 Å². The molecular weight excluding hydrogens is 402 g/mol. The first-order valence-electron chi connectivity index (χ1n) is 9.80. The van der Waals surface area contributed by atoms with Crippen LogP contribution in [0, 0.1) is 0 Å². The van der Waals surface area contributed by atoms with Crippen molar-refractivity contribution in [1.82, 2.24) is 9.21 Å².